The number of benzene rings is 1. The number of Topliss-reactive ketones (excluding diaryl/α,β-unsaturated/α-hetero) is 1. The molecule has 1 aromatic carbocycles. The van der Waals surface area contributed by atoms with Crippen LogP contribution in [0.2, 0.25) is 0 Å². The minimum absolute atomic E-state index is 0.0708. The van der Waals surface area contributed by atoms with E-state index in [1.54, 1.807) is 12.1 Å². The van der Waals surface area contributed by atoms with Gasteiger partial charge in [-0.05, 0) is 88.4 Å². The maximum absolute atomic E-state index is 13.1. The summed E-state index contributed by atoms with van der Waals surface area (Å²) in [4.78, 5) is 17.6. The van der Waals surface area contributed by atoms with Crippen LogP contribution in [-0.2, 0) is 0 Å². The molecular weight excluding hydrogens is 405 g/mol. The topological polar surface area (TPSA) is 35.6 Å². The van der Waals surface area contributed by atoms with Gasteiger partial charge in [-0.25, -0.2) is 4.39 Å². The molecule has 0 radical (unpaired) electrons. The van der Waals surface area contributed by atoms with Crippen molar-refractivity contribution in [1.82, 2.24) is 15.1 Å². The van der Waals surface area contributed by atoms with Crippen LogP contribution >= 0.6 is 25.3 Å². The molecule has 29 heavy (non-hydrogen) atoms. The van der Waals surface area contributed by atoms with Crippen molar-refractivity contribution >= 4 is 31.0 Å². The van der Waals surface area contributed by atoms with Crippen molar-refractivity contribution in [2.45, 2.75) is 25.7 Å². The van der Waals surface area contributed by atoms with Crippen LogP contribution in [0.15, 0.2) is 24.3 Å². The molecule has 7 heteroatoms. The van der Waals surface area contributed by atoms with E-state index in [1.165, 1.54) is 12.1 Å². The van der Waals surface area contributed by atoms with Crippen molar-refractivity contribution in [1.29, 1.82) is 0 Å². The third-order valence-corrected chi connectivity index (χ3v) is 6.10. The van der Waals surface area contributed by atoms with Crippen LogP contribution in [0.25, 0.3) is 0 Å². The molecule has 1 heterocycles. The van der Waals surface area contributed by atoms with Gasteiger partial charge in [0.05, 0.1) is 0 Å². The van der Waals surface area contributed by atoms with Crippen molar-refractivity contribution in [2.75, 3.05) is 63.9 Å². The van der Waals surface area contributed by atoms with Crippen LogP contribution < -0.4 is 5.32 Å². The molecule has 0 atom stereocenters. The fourth-order valence-electron chi connectivity index (χ4n) is 3.86. The second-order valence-electron chi connectivity index (χ2n) is 7.73. The van der Waals surface area contributed by atoms with Crippen LogP contribution in [0, 0.1) is 11.7 Å². The summed E-state index contributed by atoms with van der Waals surface area (Å²) >= 11 is 8.58. The predicted molar refractivity (Wildman–Crippen MR) is 126 cm³/mol. The zero-order valence-corrected chi connectivity index (χ0v) is 19.2. The molecule has 1 N–H and O–H groups in total. The number of nitrogens with one attached hydrogen (secondary N) is 1. The molecule has 0 aromatic heterocycles. The quantitative estimate of drug-likeness (QED) is 0.235. The average molecular weight is 442 g/mol. The first-order chi connectivity index (χ1) is 14.1. The Kier molecular flexibility index (Phi) is 12.3. The molecule has 1 aliphatic heterocycles. The molecule has 0 spiro atoms. The molecule has 164 valence electrons. The monoisotopic (exact) mass is 441 g/mol. The summed E-state index contributed by atoms with van der Waals surface area (Å²) in [6.45, 7) is 8.24. The van der Waals surface area contributed by atoms with E-state index >= 15 is 0 Å². The Hall–Kier alpha value is -0.600. The Morgan fingerprint density at radius 1 is 1.03 bits per heavy atom. The molecule has 1 fully saturated rings. The van der Waals surface area contributed by atoms with Gasteiger partial charge < -0.3 is 15.1 Å². The van der Waals surface area contributed by atoms with Gasteiger partial charge in [0.25, 0.3) is 0 Å². The van der Waals surface area contributed by atoms with Crippen molar-refractivity contribution in [3.63, 3.8) is 0 Å². The van der Waals surface area contributed by atoms with Gasteiger partial charge in [-0.2, -0.15) is 25.3 Å². The summed E-state index contributed by atoms with van der Waals surface area (Å²) in [5, 5.41) is 3.41. The van der Waals surface area contributed by atoms with Gasteiger partial charge in [-0.1, -0.05) is 0 Å². The number of hydrogen-bond donors (Lipinski definition) is 3. The number of piperidine rings is 1. The lowest BCUT2D eigenvalue weighted by Crippen LogP contribution is -2.39. The number of halogens is 1. The van der Waals surface area contributed by atoms with Crippen LogP contribution in [0.4, 0.5) is 4.39 Å². The van der Waals surface area contributed by atoms with Crippen LogP contribution in [-0.4, -0.2) is 79.4 Å². The summed E-state index contributed by atoms with van der Waals surface area (Å²) in [6.07, 6.45) is 4.06. The van der Waals surface area contributed by atoms with Crippen molar-refractivity contribution in [3.05, 3.63) is 35.6 Å². The molecule has 0 bridgehead atoms. The van der Waals surface area contributed by atoms with E-state index in [0.29, 0.717) is 5.56 Å². The molecule has 0 amide bonds. The number of thiol groups is 2. The Morgan fingerprint density at radius 2 is 1.72 bits per heavy atom. The average Bonchev–Trinajstić information content (AvgIpc) is 2.75. The summed E-state index contributed by atoms with van der Waals surface area (Å²) < 4.78 is 13.1. The van der Waals surface area contributed by atoms with Gasteiger partial charge in [0.2, 0.25) is 0 Å². The van der Waals surface area contributed by atoms with Gasteiger partial charge in [-0.15, -0.1) is 0 Å². The van der Waals surface area contributed by atoms with Crippen molar-refractivity contribution in [3.8, 4) is 0 Å². The molecule has 1 aromatic rings. The lowest BCUT2D eigenvalue weighted by atomic mass is 9.89. The Balaban J connectivity index is 1.67. The van der Waals surface area contributed by atoms with Crippen molar-refractivity contribution < 1.29 is 9.18 Å². The van der Waals surface area contributed by atoms with E-state index < -0.39 is 0 Å². The highest BCUT2D eigenvalue weighted by atomic mass is 32.1. The highest BCUT2D eigenvalue weighted by Crippen LogP contribution is 2.22. The van der Waals surface area contributed by atoms with Gasteiger partial charge in [0, 0.05) is 36.9 Å². The number of hydrogen-bond acceptors (Lipinski definition) is 6. The fourth-order valence-corrected chi connectivity index (χ4v) is 4.16. The van der Waals surface area contributed by atoms with E-state index in [4.69, 9.17) is 0 Å². The molecule has 4 nitrogen and oxygen atoms in total. The van der Waals surface area contributed by atoms with Crippen molar-refractivity contribution in [2.24, 2.45) is 5.92 Å². The molecule has 1 aliphatic rings. The number of rotatable bonds is 14. The molecule has 0 aliphatic carbocycles. The SMILES string of the molecule is O=C(c1ccc(F)cc1)C1CCN(CCCN(CCCS)CCNCCS)CC1. The van der Waals surface area contributed by atoms with E-state index in [1.807, 2.05) is 0 Å². The van der Waals surface area contributed by atoms with Crippen LogP contribution in [0.3, 0.4) is 0 Å². The maximum atomic E-state index is 13.1. The summed E-state index contributed by atoms with van der Waals surface area (Å²) in [5.74, 6) is 1.74. The second kappa shape index (κ2) is 14.4. The van der Waals surface area contributed by atoms with Gasteiger partial charge in [0.15, 0.2) is 5.78 Å². The number of ketones is 1. The van der Waals surface area contributed by atoms with E-state index in [0.717, 1.165) is 89.5 Å². The van der Waals surface area contributed by atoms with Gasteiger partial charge >= 0.3 is 0 Å². The smallest absolute Gasteiger partial charge is 0.166 e. The van der Waals surface area contributed by atoms with E-state index in [2.05, 4.69) is 40.4 Å². The Labute approximate surface area is 186 Å². The zero-order chi connectivity index (χ0) is 20.9. The second-order valence-corrected chi connectivity index (χ2v) is 8.63. The summed E-state index contributed by atoms with van der Waals surface area (Å²) in [5.41, 5.74) is 0.635. The first kappa shape index (κ1) is 24.7. The standard InChI is InChI=1S/C22H36FN3OS2/c23-21-5-3-19(4-6-21)22(27)20-7-14-26(15-8-20)12-1-11-25(13-2-17-28)16-9-24-10-18-29/h3-6,20,24,28-29H,1-2,7-18H2. The molecule has 0 saturated carbocycles. The largest absolute Gasteiger partial charge is 0.315 e. The van der Waals surface area contributed by atoms with E-state index in [9.17, 15) is 9.18 Å². The number of nitrogens with zero attached hydrogens (tertiary/aromatic N) is 2. The minimum Gasteiger partial charge on any atom is -0.315 e. The summed E-state index contributed by atoms with van der Waals surface area (Å²) in [7, 11) is 0. The highest BCUT2D eigenvalue weighted by Gasteiger charge is 2.25. The van der Waals surface area contributed by atoms with Gasteiger partial charge in [0.1, 0.15) is 5.82 Å². The summed E-state index contributed by atoms with van der Waals surface area (Å²) in [6, 6.07) is 5.95. The maximum Gasteiger partial charge on any atom is 0.166 e. The first-order valence-electron chi connectivity index (χ1n) is 10.8. The minimum atomic E-state index is -0.294. The van der Waals surface area contributed by atoms with Crippen LogP contribution in [0.1, 0.15) is 36.0 Å². The predicted octanol–water partition coefficient (Wildman–Crippen LogP) is 3.25. The van der Waals surface area contributed by atoms with E-state index in [-0.39, 0.29) is 17.5 Å². The Bertz CT molecular complexity index is 580. The first-order valence-corrected chi connectivity index (χ1v) is 12.1. The third kappa shape index (κ3) is 9.39. The molecule has 1 saturated heterocycles. The zero-order valence-electron chi connectivity index (χ0n) is 17.4. The molecular formula is C22H36FN3OS2. The molecule has 0 unspecified atom stereocenters. The van der Waals surface area contributed by atoms with Gasteiger partial charge in [-0.3, -0.25) is 4.79 Å². The normalized spacial score (nSPS) is 15.9. The number of carbonyl (C=O) groups excluding carboxylic acids is 1. The lowest BCUT2D eigenvalue weighted by molar-refractivity contribution is 0.0836. The van der Waals surface area contributed by atoms with Crippen LogP contribution in [0.5, 0.6) is 0 Å². The highest BCUT2D eigenvalue weighted by molar-refractivity contribution is 7.80. The third-order valence-electron chi connectivity index (χ3n) is 5.56. The Morgan fingerprint density at radius 3 is 2.38 bits per heavy atom. The number of carbonyl (C=O) groups is 1. The fraction of sp³-hybridized carbons (Fsp3) is 0.682. The number of likely N-dealkylation sites (tertiary alicyclic amines) is 1. The lowest BCUT2D eigenvalue weighted by Gasteiger charge is -2.32. The molecule has 2 rings (SSSR count).